The van der Waals surface area contributed by atoms with Gasteiger partial charge in [-0.2, -0.15) is 5.26 Å². The van der Waals surface area contributed by atoms with E-state index in [1.54, 1.807) is 51.8 Å². The molecule has 0 aliphatic carbocycles. The van der Waals surface area contributed by atoms with E-state index in [1.807, 2.05) is 6.07 Å². The second-order valence-corrected chi connectivity index (χ2v) is 4.08. The Morgan fingerprint density at radius 2 is 1.67 bits per heavy atom. The third-order valence-electron chi connectivity index (χ3n) is 2.83. The Kier molecular flexibility index (Phi) is 4.46. The molecular formula is C15H15N3O3. The minimum Gasteiger partial charge on any atom is -0.493 e. The molecule has 0 fully saturated rings. The number of aromatic nitrogens is 1. The number of benzene rings is 1. The number of ether oxygens (including phenoxy) is 3. The van der Waals surface area contributed by atoms with Gasteiger partial charge in [-0.3, -0.25) is 0 Å². The highest BCUT2D eigenvalue weighted by Gasteiger charge is 2.13. The van der Waals surface area contributed by atoms with Crippen molar-refractivity contribution < 1.29 is 14.2 Å². The average Bonchev–Trinajstić information content (AvgIpc) is 2.54. The maximum absolute atomic E-state index is 8.73. The molecule has 1 aromatic carbocycles. The van der Waals surface area contributed by atoms with E-state index in [-0.39, 0.29) is 0 Å². The summed E-state index contributed by atoms with van der Waals surface area (Å²) in [4.78, 5) is 4.00. The van der Waals surface area contributed by atoms with E-state index in [4.69, 9.17) is 19.5 Å². The third kappa shape index (κ3) is 3.15. The zero-order chi connectivity index (χ0) is 15.2. The summed E-state index contributed by atoms with van der Waals surface area (Å²) in [5.41, 5.74) is 1.88. The van der Waals surface area contributed by atoms with Crippen molar-refractivity contribution >= 4 is 11.4 Å². The van der Waals surface area contributed by atoms with E-state index < -0.39 is 0 Å². The Morgan fingerprint density at radius 3 is 2.10 bits per heavy atom. The maximum Gasteiger partial charge on any atom is 0.203 e. The summed E-state index contributed by atoms with van der Waals surface area (Å²) < 4.78 is 15.8. The van der Waals surface area contributed by atoms with E-state index in [0.29, 0.717) is 22.9 Å². The van der Waals surface area contributed by atoms with Crippen molar-refractivity contribution in [3.63, 3.8) is 0 Å². The van der Waals surface area contributed by atoms with Crippen LogP contribution in [0.25, 0.3) is 0 Å². The SMILES string of the molecule is COc1cc(Nc2ccc(C#N)nc2)cc(OC)c1OC. The number of nitriles is 1. The molecule has 2 rings (SSSR count). The van der Waals surface area contributed by atoms with Crippen LogP contribution < -0.4 is 19.5 Å². The topological polar surface area (TPSA) is 76.4 Å². The second-order valence-electron chi connectivity index (χ2n) is 4.08. The number of hydrogen-bond acceptors (Lipinski definition) is 6. The van der Waals surface area contributed by atoms with Crippen LogP contribution in [0.5, 0.6) is 17.2 Å². The first kappa shape index (κ1) is 14.5. The molecule has 0 unspecified atom stereocenters. The first-order valence-electron chi connectivity index (χ1n) is 6.15. The van der Waals surface area contributed by atoms with E-state index in [9.17, 15) is 0 Å². The molecule has 0 saturated carbocycles. The molecule has 108 valence electrons. The number of methoxy groups -OCH3 is 3. The van der Waals surface area contributed by atoms with Gasteiger partial charge in [-0.1, -0.05) is 0 Å². The number of hydrogen-bond donors (Lipinski definition) is 1. The lowest BCUT2D eigenvalue weighted by atomic mass is 10.2. The maximum atomic E-state index is 8.73. The van der Waals surface area contributed by atoms with Gasteiger partial charge >= 0.3 is 0 Å². The molecule has 0 amide bonds. The molecule has 6 nitrogen and oxygen atoms in total. The molecule has 1 heterocycles. The highest BCUT2D eigenvalue weighted by atomic mass is 16.5. The first-order valence-corrected chi connectivity index (χ1v) is 6.15. The lowest BCUT2D eigenvalue weighted by molar-refractivity contribution is 0.324. The molecule has 0 spiro atoms. The van der Waals surface area contributed by atoms with Crippen LogP contribution in [0.4, 0.5) is 11.4 Å². The van der Waals surface area contributed by atoms with E-state index in [0.717, 1.165) is 11.4 Å². The van der Waals surface area contributed by atoms with Crippen molar-refractivity contribution in [1.29, 1.82) is 5.26 Å². The van der Waals surface area contributed by atoms with E-state index in [1.165, 1.54) is 0 Å². The normalized spacial score (nSPS) is 9.62. The van der Waals surface area contributed by atoms with Crippen LogP contribution in [0.1, 0.15) is 5.69 Å². The van der Waals surface area contributed by atoms with Crippen LogP contribution in [0.15, 0.2) is 30.5 Å². The Balaban J connectivity index is 2.33. The van der Waals surface area contributed by atoms with Crippen LogP contribution in [-0.2, 0) is 0 Å². The standard InChI is InChI=1S/C15H15N3O3/c1-19-13-6-12(7-14(20-2)15(13)21-3)18-11-5-4-10(8-16)17-9-11/h4-7,9,18H,1-3H3. The molecule has 0 saturated heterocycles. The van der Waals surface area contributed by atoms with Gasteiger partial charge in [-0.15, -0.1) is 0 Å². The highest BCUT2D eigenvalue weighted by molar-refractivity contribution is 5.67. The number of nitrogens with zero attached hydrogens (tertiary/aromatic N) is 2. The predicted molar refractivity (Wildman–Crippen MR) is 78.3 cm³/mol. The molecule has 0 aliphatic rings. The largest absolute Gasteiger partial charge is 0.493 e. The fraction of sp³-hybridized carbons (Fsp3) is 0.200. The van der Waals surface area contributed by atoms with Gasteiger partial charge < -0.3 is 19.5 Å². The minimum atomic E-state index is 0.366. The second kappa shape index (κ2) is 6.48. The fourth-order valence-electron chi connectivity index (χ4n) is 1.85. The van der Waals surface area contributed by atoms with Crippen LogP contribution in [0, 0.1) is 11.3 Å². The summed E-state index contributed by atoms with van der Waals surface area (Å²) in [6.45, 7) is 0. The summed E-state index contributed by atoms with van der Waals surface area (Å²) >= 11 is 0. The van der Waals surface area contributed by atoms with Gasteiger partial charge in [0.2, 0.25) is 5.75 Å². The molecule has 2 aromatic rings. The van der Waals surface area contributed by atoms with Gasteiger partial charge in [0.15, 0.2) is 11.5 Å². The van der Waals surface area contributed by atoms with Gasteiger partial charge in [0.25, 0.3) is 0 Å². The van der Waals surface area contributed by atoms with Crippen LogP contribution in [0.3, 0.4) is 0 Å². The van der Waals surface area contributed by atoms with Crippen molar-refractivity contribution in [2.75, 3.05) is 26.6 Å². The van der Waals surface area contributed by atoms with Gasteiger partial charge in [0, 0.05) is 17.8 Å². The smallest absolute Gasteiger partial charge is 0.203 e. The van der Waals surface area contributed by atoms with Crippen molar-refractivity contribution in [3.05, 3.63) is 36.2 Å². The number of nitrogens with one attached hydrogen (secondary N) is 1. The number of rotatable bonds is 5. The zero-order valence-corrected chi connectivity index (χ0v) is 12.0. The van der Waals surface area contributed by atoms with E-state index >= 15 is 0 Å². The van der Waals surface area contributed by atoms with Crippen molar-refractivity contribution in [3.8, 4) is 23.3 Å². The molecule has 0 bridgehead atoms. The summed E-state index contributed by atoms with van der Waals surface area (Å²) in [7, 11) is 4.67. The fourth-order valence-corrected chi connectivity index (χ4v) is 1.85. The number of pyridine rings is 1. The van der Waals surface area contributed by atoms with Crippen LogP contribution in [0.2, 0.25) is 0 Å². The van der Waals surface area contributed by atoms with Crippen molar-refractivity contribution in [2.24, 2.45) is 0 Å². The monoisotopic (exact) mass is 285 g/mol. The summed E-state index contributed by atoms with van der Waals surface area (Å²) in [5.74, 6) is 1.64. The van der Waals surface area contributed by atoms with Crippen LogP contribution in [-0.4, -0.2) is 26.3 Å². The minimum absolute atomic E-state index is 0.366. The van der Waals surface area contributed by atoms with Gasteiger partial charge in [-0.05, 0) is 12.1 Å². The Morgan fingerprint density at radius 1 is 1.00 bits per heavy atom. The lowest BCUT2D eigenvalue weighted by Crippen LogP contribution is -1.98. The molecule has 0 aliphatic heterocycles. The third-order valence-corrected chi connectivity index (χ3v) is 2.83. The zero-order valence-electron chi connectivity index (χ0n) is 12.0. The molecule has 21 heavy (non-hydrogen) atoms. The van der Waals surface area contributed by atoms with Crippen molar-refractivity contribution in [2.45, 2.75) is 0 Å². The van der Waals surface area contributed by atoms with Gasteiger partial charge in [0.05, 0.1) is 33.2 Å². The summed E-state index contributed by atoms with van der Waals surface area (Å²) in [5, 5.41) is 11.9. The highest BCUT2D eigenvalue weighted by Crippen LogP contribution is 2.40. The molecule has 6 heteroatoms. The Labute approximate surface area is 122 Å². The predicted octanol–water partition coefficient (Wildman–Crippen LogP) is 2.72. The Bertz CT molecular complexity index is 638. The quantitative estimate of drug-likeness (QED) is 0.910. The van der Waals surface area contributed by atoms with Crippen molar-refractivity contribution in [1.82, 2.24) is 4.98 Å². The number of anilines is 2. The molecule has 1 aromatic heterocycles. The van der Waals surface area contributed by atoms with Gasteiger partial charge in [0.1, 0.15) is 11.8 Å². The molecule has 1 N–H and O–H groups in total. The Hall–Kier alpha value is -2.94. The summed E-state index contributed by atoms with van der Waals surface area (Å²) in [6.07, 6.45) is 1.59. The molecule has 0 atom stereocenters. The van der Waals surface area contributed by atoms with Crippen LogP contribution >= 0.6 is 0 Å². The van der Waals surface area contributed by atoms with Gasteiger partial charge in [-0.25, -0.2) is 4.98 Å². The van der Waals surface area contributed by atoms with E-state index in [2.05, 4.69) is 10.3 Å². The molecular weight excluding hydrogens is 270 g/mol. The molecule has 0 radical (unpaired) electrons. The average molecular weight is 285 g/mol. The summed E-state index contributed by atoms with van der Waals surface area (Å²) in [6, 6.07) is 8.97. The first-order chi connectivity index (χ1) is 10.2. The lowest BCUT2D eigenvalue weighted by Gasteiger charge is -2.15.